The maximum absolute atomic E-state index is 11.3. The minimum Gasteiger partial charge on any atom is -0.300 e. The Morgan fingerprint density at radius 3 is 2.35 bits per heavy atom. The van der Waals surface area contributed by atoms with Crippen LogP contribution in [0.1, 0.15) is 51.0 Å². The maximum Gasteiger partial charge on any atom is 0.229 e. The first-order valence-corrected chi connectivity index (χ1v) is 10.7. The zero-order valence-electron chi connectivity index (χ0n) is 14.4. The fourth-order valence-electron chi connectivity index (χ4n) is 3.33. The number of hydrogen-bond donors (Lipinski definition) is 1. The molecule has 1 fully saturated rings. The normalized spacial score (nSPS) is 17.8. The van der Waals surface area contributed by atoms with Crippen LogP contribution in [0.3, 0.4) is 0 Å². The third kappa shape index (κ3) is 6.51. The van der Waals surface area contributed by atoms with E-state index in [2.05, 4.69) is 28.7 Å². The van der Waals surface area contributed by atoms with Crippen LogP contribution in [0.2, 0.25) is 0 Å². The van der Waals surface area contributed by atoms with Crippen molar-refractivity contribution in [2.24, 2.45) is 0 Å². The van der Waals surface area contributed by atoms with Crippen molar-refractivity contribution in [1.82, 2.24) is 4.90 Å². The van der Waals surface area contributed by atoms with Crippen molar-refractivity contribution in [2.45, 2.75) is 57.9 Å². The average molecular weight is 339 g/mol. The highest BCUT2D eigenvalue weighted by Gasteiger charge is 2.20. The molecule has 5 heteroatoms. The zero-order chi connectivity index (χ0) is 16.7. The quantitative estimate of drug-likeness (QED) is 0.787. The number of piperidine rings is 1. The molecule has 1 aliphatic rings. The van der Waals surface area contributed by atoms with Gasteiger partial charge in [-0.05, 0) is 56.5 Å². The van der Waals surface area contributed by atoms with Crippen molar-refractivity contribution in [3.05, 3.63) is 29.8 Å². The van der Waals surface area contributed by atoms with Crippen LogP contribution in [0.15, 0.2) is 24.3 Å². The van der Waals surface area contributed by atoms with E-state index in [4.69, 9.17) is 0 Å². The van der Waals surface area contributed by atoms with E-state index in [1.54, 1.807) is 0 Å². The van der Waals surface area contributed by atoms with Crippen molar-refractivity contribution < 1.29 is 8.42 Å². The summed E-state index contributed by atoms with van der Waals surface area (Å²) in [6.07, 6.45) is 10.00. The number of anilines is 1. The third-order valence-electron chi connectivity index (χ3n) is 4.53. The van der Waals surface area contributed by atoms with Crippen molar-refractivity contribution in [2.75, 3.05) is 24.1 Å². The van der Waals surface area contributed by atoms with E-state index < -0.39 is 10.0 Å². The molecule has 1 saturated heterocycles. The van der Waals surface area contributed by atoms with Crippen LogP contribution in [0.4, 0.5) is 5.69 Å². The molecule has 2 rings (SSSR count). The molecule has 1 heterocycles. The number of sulfonamides is 1. The summed E-state index contributed by atoms with van der Waals surface area (Å²) in [6.45, 7) is 4.70. The Hall–Kier alpha value is -1.07. The lowest BCUT2D eigenvalue weighted by Crippen LogP contribution is -2.40. The number of rotatable bonds is 8. The minimum absolute atomic E-state index is 0.615. The maximum atomic E-state index is 11.3. The summed E-state index contributed by atoms with van der Waals surface area (Å²) in [6, 6.07) is 8.45. The standard InChI is InChI=1S/C18H30N2O2S/c1-3-4-8-18(20-13-6-5-7-14-20)15-16-9-11-17(12-10-16)19-23(2,21)22/h9-12,18-19H,3-8,13-15H2,1-2H3. The molecule has 0 radical (unpaired) electrons. The molecule has 0 amide bonds. The van der Waals surface area contributed by atoms with Gasteiger partial charge in [-0.1, -0.05) is 38.3 Å². The fraction of sp³-hybridized carbons (Fsp3) is 0.667. The molecule has 0 aromatic heterocycles. The molecule has 0 spiro atoms. The van der Waals surface area contributed by atoms with Crippen molar-refractivity contribution in [3.8, 4) is 0 Å². The van der Waals surface area contributed by atoms with Gasteiger partial charge < -0.3 is 4.90 Å². The summed E-state index contributed by atoms with van der Waals surface area (Å²) in [5, 5.41) is 0. The number of unbranched alkanes of at least 4 members (excludes halogenated alkanes) is 1. The SMILES string of the molecule is CCCCC(Cc1ccc(NS(C)(=O)=O)cc1)N1CCCCC1. The molecule has 0 saturated carbocycles. The Morgan fingerprint density at radius 2 is 1.78 bits per heavy atom. The monoisotopic (exact) mass is 338 g/mol. The van der Waals surface area contributed by atoms with Gasteiger partial charge >= 0.3 is 0 Å². The third-order valence-corrected chi connectivity index (χ3v) is 5.13. The van der Waals surface area contributed by atoms with Gasteiger partial charge in [0.1, 0.15) is 0 Å². The molecule has 0 aliphatic carbocycles. The van der Waals surface area contributed by atoms with Gasteiger partial charge in [-0.25, -0.2) is 8.42 Å². The smallest absolute Gasteiger partial charge is 0.229 e. The Kier molecular flexibility index (Phi) is 6.90. The molecular weight excluding hydrogens is 308 g/mol. The second-order valence-corrected chi connectivity index (χ2v) is 8.42. The van der Waals surface area contributed by atoms with Gasteiger partial charge in [0.05, 0.1) is 6.26 Å². The Morgan fingerprint density at radius 1 is 1.13 bits per heavy atom. The van der Waals surface area contributed by atoms with Crippen LogP contribution >= 0.6 is 0 Å². The van der Waals surface area contributed by atoms with E-state index >= 15 is 0 Å². The van der Waals surface area contributed by atoms with E-state index in [1.807, 2.05) is 12.1 Å². The molecule has 1 N–H and O–H groups in total. The Bertz CT molecular complexity index is 563. The second-order valence-electron chi connectivity index (χ2n) is 6.67. The lowest BCUT2D eigenvalue weighted by molar-refractivity contribution is 0.152. The van der Waals surface area contributed by atoms with Crippen LogP contribution in [0.5, 0.6) is 0 Å². The number of likely N-dealkylation sites (tertiary alicyclic amines) is 1. The largest absolute Gasteiger partial charge is 0.300 e. The number of nitrogens with zero attached hydrogens (tertiary/aromatic N) is 1. The summed E-state index contributed by atoms with van der Waals surface area (Å²) in [7, 11) is -3.20. The predicted molar refractivity (Wildman–Crippen MR) is 97.3 cm³/mol. The van der Waals surface area contributed by atoms with Gasteiger partial charge in [0.15, 0.2) is 0 Å². The molecule has 1 aliphatic heterocycles. The second kappa shape index (κ2) is 8.69. The van der Waals surface area contributed by atoms with Crippen LogP contribution in [-0.4, -0.2) is 38.7 Å². The van der Waals surface area contributed by atoms with Crippen molar-refractivity contribution >= 4 is 15.7 Å². The van der Waals surface area contributed by atoms with E-state index in [0.29, 0.717) is 11.7 Å². The average Bonchev–Trinajstić information content (AvgIpc) is 2.52. The summed E-state index contributed by atoms with van der Waals surface area (Å²) >= 11 is 0. The molecule has 130 valence electrons. The highest BCUT2D eigenvalue weighted by Crippen LogP contribution is 2.21. The number of benzene rings is 1. The first-order chi connectivity index (χ1) is 11.0. The Labute approximate surface area is 141 Å². The molecular formula is C18H30N2O2S. The lowest BCUT2D eigenvalue weighted by Gasteiger charge is -2.35. The first kappa shape index (κ1) is 18.3. The van der Waals surface area contributed by atoms with Crippen molar-refractivity contribution in [1.29, 1.82) is 0 Å². The summed E-state index contributed by atoms with van der Waals surface area (Å²) in [4.78, 5) is 2.65. The topological polar surface area (TPSA) is 49.4 Å². The summed E-state index contributed by atoms with van der Waals surface area (Å²) < 4.78 is 25.1. The Balaban J connectivity index is 2.00. The summed E-state index contributed by atoms with van der Waals surface area (Å²) in [5.41, 5.74) is 1.93. The van der Waals surface area contributed by atoms with E-state index in [9.17, 15) is 8.42 Å². The van der Waals surface area contributed by atoms with E-state index in [0.717, 1.165) is 6.42 Å². The number of nitrogens with one attached hydrogen (secondary N) is 1. The fourth-order valence-corrected chi connectivity index (χ4v) is 3.90. The van der Waals surface area contributed by atoms with Gasteiger partial charge in [-0.15, -0.1) is 0 Å². The van der Waals surface area contributed by atoms with Crippen LogP contribution in [0.25, 0.3) is 0 Å². The highest BCUT2D eigenvalue weighted by molar-refractivity contribution is 7.92. The van der Waals surface area contributed by atoms with Crippen LogP contribution in [0, 0.1) is 0 Å². The van der Waals surface area contributed by atoms with Crippen LogP contribution in [-0.2, 0) is 16.4 Å². The highest BCUT2D eigenvalue weighted by atomic mass is 32.2. The zero-order valence-corrected chi connectivity index (χ0v) is 15.2. The van der Waals surface area contributed by atoms with Gasteiger partial charge in [-0.2, -0.15) is 0 Å². The van der Waals surface area contributed by atoms with Gasteiger partial charge in [-0.3, -0.25) is 4.72 Å². The molecule has 1 aromatic rings. The van der Waals surface area contributed by atoms with Gasteiger partial charge in [0.2, 0.25) is 10.0 Å². The minimum atomic E-state index is -3.20. The van der Waals surface area contributed by atoms with Gasteiger partial charge in [0, 0.05) is 11.7 Å². The molecule has 1 unspecified atom stereocenters. The number of hydrogen-bond acceptors (Lipinski definition) is 3. The van der Waals surface area contributed by atoms with E-state index in [-0.39, 0.29) is 0 Å². The predicted octanol–water partition coefficient (Wildman–Crippen LogP) is 3.65. The molecule has 1 aromatic carbocycles. The summed E-state index contributed by atoms with van der Waals surface area (Å²) in [5.74, 6) is 0. The van der Waals surface area contributed by atoms with Gasteiger partial charge in [0.25, 0.3) is 0 Å². The lowest BCUT2D eigenvalue weighted by atomic mass is 9.97. The molecule has 23 heavy (non-hydrogen) atoms. The molecule has 1 atom stereocenters. The molecule has 4 nitrogen and oxygen atoms in total. The molecule has 0 bridgehead atoms. The van der Waals surface area contributed by atoms with Crippen LogP contribution < -0.4 is 4.72 Å². The first-order valence-electron chi connectivity index (χ1n) is 8.78. The van der Waals surface area contributed by atoms with E-state index in [1.165, 1.54) is 63.4 Å². The van der Waals surface area contributed by atoms with Crippen molar-refractivity contribution in [3.63, 3.8) is 0 Å².